The molecule has 36 heavy (non-hydrogen) atoms. The Labute approximate surface area is 230 Å². The Morgan fingerprint density at radius 3 is 1.17 bits per heavy atom. The molecule has 0 saturated heterocycles. The molecule has 0 bridgehead atoms. The van der Waals surface area contributed by atoms with E-state index in [1.807, 2.05) is 0 Å². The molecule has 0 aliphatic rings. The smallest absolute Gasteiger partial charge is 0.358 e. The summed E-state index contributed by atoms with van der Waals surface area (Å²) in [5.41, 5.74) is 0. The first-order chi connectivity index (χ1) is 17.2. The fraction of sp³-hybridized carbons (Fsp3) is 0.960. The third-order valence-corrected chi connectivity index (χ3v) is 8.71. The molecule has 7 nitrogen and oxygen atoms in total. The number of rotatable bonds is 26. The lowest BCUT2D eigenvalue weighted by Gasteiger charge is -2.21. The van der Waals surface area contributed by atoms with Crippen LogP contribution >= 0.6 is 13.4 Å². The highest BCUT2D eigenvalue weighted by Gasteiger charge is 2.29. The maximum absolute atomic E-state index is 11.9. The normalized spacial score (nSPS) is 12.1. The largest absolute Gasteiger partial charge is 0.521 e. The fourth-order valence-electron chi connectivity index (χ4n) is 3.83. The minimum atomic E-state index is -4.20. The van der Waals surface area contributed by atoms with Crippen LogP contribution in [-0.2, 0) is 41.7 Å². The summed E-state index contributed by atoms with van der Waals surface area (Å²) in [6.07, 6.45) is 22.5. The van der Waals surface area contributed by atoms with E-state index in [-0.39, 0.29) is 0 Å². The van der Waals surface area contributed by atoms with Gasteiger partial charge in [0.1, 0.15) is 0 Å². The minimum absolute atomic E-state index is 0.311. The minimum Gasteiger partial charge on any atom is -0.358 e. The summed E-state index contributed by atoms with van der Waals surface area (Å²) in [7, 11) is 0. The van der Waals surface area contributed by atoms with Crippen molar-refractivity contribution in [1.29, 1.82) is 0 Å². The highest BCUT2D eigenvalue weighted by molar-refractivity contribution is 8.08. The van der Waals surface area contributed by atoms with Crippen molar-refractivity contribution in [2.75, 3.05) is 13.2 Å². The Morgan fingerprint density at radius 2 is 0.861 bits per heavy atom. The van der Waals surface area contributed by atoms with E-state index in [1.54, 1.807) is 0 Å². The van der Waals surface area contributed by atoms with Crippen LogP contribution in [0.25, 0.3) is 0 Å². The Hall–Kier alpha value is 0.410. The molecule has 0 aliphatic carbocycles. The molecule has 2 N–H and O–H groups in total. The third kappa shape index (κ3) is 26.0. The van der Waals surface area contributed by atoms with Crippen LogP contribution in [0.3, 0.4) is 0 Å². The van der Waals surface area contributed by atoms with Crippen molar-refractivity contribution in [1.82, 2.24) is 0 Å². The van der Waals surface area contributed by atoms with Gasteiger partial charge in [0, 0.05) is 23.6 Å². The number of carbonyl (C=O) groups is 1. The van der Waals surface area contributed by atoms with Crippen LogP contribution in [0.2, 0.25) is 0 Å². The molecule has 0 heterocycles. The zero-order valence-corrected chi connectivity index (χ0v) is 26.1. The average Bonchev–Trinajstić information content (AvgIpc) is 2.79. The van der Waals surface area contributed by atoms with E-state index in [4.69, 9.17) is 25.4 Å². The van der Waals surface area contributed by atoms with Crippen LogP contribution in [0.4, 0.5) is 4.79 Å². The molecule has 11 heteroatoms. The standard InChI is InChI=1S/C25H52O7P2S2/c1-3-5-7-9-11-13-15-17-19-21-23-29-34(36,32-25(26)31-33(27,28)35)30-24-22-20-18-16-14-12-10-8-6-4-2/h3-24H2,1-2H3,(H2,27,28,35). The van der Waals surface area contributed by atoms with E-state index in [1.165, 1.54) is 89.9 Å². The Balaban J connectivity index is 4.18. The van der Waals surface area contributed by atoms with Gasteiger partial charge in [-0.25, -0.2) is 4.79 Å². The van der Waals surface area contributed by atoms with Crippen LogP contribution in [0, 0.1) is 0 Å². The van der Waals surface area contributed by atoms with Gasteiger partial charge in [0.2, 0.25) is 0 Å². The molecule has 0 aromatic heterocycles. The van der Waals surface area contributed by atoms with Crippen molar-refractivity contribution in [2.45, 2.75) is 142 Å². The fourth-order valence-corrected chi connectivity index (χ4v) is 6.03. The maximum atomic E-state index is 11.9. The molecule has 0 atom stereocenters. The first-order valence-electron chi connectivity index (χ1n) is 14.1. The summed E-state index contributed by atoms with van der Waals surface area (Å²) in [4.78, 5) is 30.3. The van der Waals surface area contributed by atoms with E-state index < -0.39 is 19.6 Å². The monoisotopic (exact) mass is 590 g/mol. The maximum Gasteiger partial charge on any atom is 0.521 e. The first-order valence-corrected chi connectivity index (χ1v) is 19.3. The van der Waals surface area contributed by atoms with Crippen LogP contribution < -0.4 is 0 Å². The molecule has 0 amide bonds. The predicted molar refractivity (Wildman–Crippen MR) is 156 cm³/mol. The summed E-state index contributed by atoms with van der Waals surface area (Å²) in [5, 5.41) is 0. The first kappa shape index (κ1) is 36.4. The van der Waals surface area contributed by atoms with Crippen LogP contribution in [0.15, 0.2) is 0 Å². The van der Waals surface area contributed by atoms with Gasteiger partial charge in [-0.3, -0.25) is 9.05 Å². The molecular formula is C25H52O7P2S2. The SMILES string of the molecule is CCCCCCCCCCCCOP(=S)(OCCCCCCCCCCCC)OC(=O)OP(O)(O)=S. The molecule has 216 valence electrons. The zero-order chi connectivity index (χ0) is 27.0. The van der Waals surface area contributed by atoms with Gasteiger partial charge in [-0.2, -0.15) is 0 Å². The second-order valence-electron chi connectivity index (χ2n) is 9.40. The molecule has 0 aliphatic heterocycles. The van der Waals surface area contributed by atoms with Crippen molar-refractivity contribution in [3.8, 4) is 0 Å². The molecule has 0 aromatic rings. The molecule has 0 unspecified atom stereocenters. The Morgan fingerprint density at radius 1 is 0.556 bits per heavy atom. The molecule has 0 radical (unpaired) electrons. The van der Waals surface area contributed by atoms with Crippen LogP contribution in [0.1, 0.15) is 142 Å². The summed E-state index contributed by atoms with van der Waals surface area (Å²) in [6.45, 7) is -2.53. The van der Waals surface area contributed by atoms with Crippen molar-refractivity contribution >= 4 is 43.2 Å². The van der Waals surface area contributed by atoms with Crippen molar-refractivity contribution in [3.05, 3.63) is 0 Å². The Bertz CT molecular complexity index is 587. The van der Waals surface area contributed by atoms with Crippen LogP contribution in [-0.4, -0.2) is 29.2 Å². The Kier molecular flexibility index (Phi) is 24.7. The molecule has 0 fully saturated rings. The highest BCUT2D eigenvalue weighted by Crippen LogP contribution is 2.52. The number of unbranched alkanes of at least 4 members (excludes halogenated alkanes) is 18. The van der Waals surface area contributed by atoms with Gasteiger partial charge >= 0.3 is 19.6 Å². The third-order valence-electron chi connectivity index (χ3n) is 5.87. The van der Waals surface area contributed by atoms with Crippen LogP contribution in [0.5, 0.6) is 0 Å². The summed E-state index contributed by atoms with van der Waals surface area (Å²) in [6, 6.07) is 0. The van der Waals surface area contributed by atoms with Crippen molar-refractivity contribution in [3.63, 3.8) is 0 Å². The van der Waals surface area contributed by atoms with Gasteiger partial charge in [-0.1, -0.05) is 129 Å². The van der Waals surface area contributed by atoms with Crippen molar-refractivity contribution < 1.29 is 32.7 Å². The highest BCUT2D eigenvalue weighted by atomic mass is 32.5. The van der Waals surface area contributed by atoms with Gasteiger partial charge in [-0.15, -0.1) is 0 Å². The zero-order valence-electron chi connectivity index (χ0n) is 22.7. The average molecular weight is 591 g/mol. The second-order valence-corrected chi connectivity index (χ2v) is 14.9. The van der Waals surface area contributed by atoms with Gasteiger partial charge in [0.15, 0.2) is 0 Å². The number of carbonyl (C=O) groups excluding carboxylic acids is 1. The van der Waals surface area contributed by atoms with Gasteiger partial charge < -0.3 is 18.8 Å². The second kappa shape index (κ2) is 24.5. The lowest BCUT2D eigenvalue weighted by Crippen LogP contribution is -2.09. The van der Waals surface area contributed by atoms with Gasteiger partial charge in [0.25, 0.3) is 0 Å². The topological polar surface area (TPSA) is 94.5 Å². The summed E-state index contributed by atoms with van der Waals surface area (Å²) in [5.74, 6) is 0. The molecule has 0 saturated carbocycles. The number of hydrogen-bond donors (Lipinski definition) is 2. The van der Waals surface area contributed by atoms with E-state index in [0.29, 0.717) is 13.2 Å². The van der Waals surface area contributed by atoms with Gasteiger partial charge in [-0.05, 0) is 12.8 Å². The van der Waals surface area contributed by atoms with E-state index in [2.05, 4.69) is 30.2 Å². The van der Waals surface area contributed by atoms with Crippen molar-refractivity contribution in [2.24, 2.45) is 0 Å². The van der Waals surface area contributed by atoms with E-state index >= 15 is 0 Å². The molecule has 0 aromatic carbocycles. The van der Waals surface area contributed by atoms with E-state index in [0.717, 1.165) is 38.5 Å². The number of hydrogen-bond acceptors (Lipinski definition) is 7. The van der Waals surface area contributed by atoms with E-state index in [9.17, 15) is 14.6 Å². The lowest BCUT2D eigenvalue weighted by molar-refractivity contribution is 0.117. The van der Waals surface area contributed by atoms with Gasteiger partial charge in [0.05, 0.1) is 13.2 Å². The lowest BCUT2D eigenvalue weighted by atomic mass is 10.1. The molecule has 0 spiro atoms. The summed E-state index contributed by atoms with van der Waals surface area (Å²) >= 11 is 9.68. The molecule has 0 rings (SSSR count). The quantitative estimate of drug-likeness (QED) is 0.0754. The molecular weight excluding hydrogens is 538 g/mol. The predicted octanol–water partition coefficient (Wildman–Crippen LogP) is 9.45. The summed E-state index contributed by atoms with van der Waals surface area (Å²) < 4.78 is 20.7.